The molecule has 5 rings (SSSR count). The minimum atomic E-state index is -0.245. The Morgan fingerprint density at radius 1 is 1.00 bits per heavy atom. The SMILES string of the molecule is COc1ccc(Br)cc1/C=C/C(=O)Nc1cc2nn(-c3cccc4ccccc34)nc2cc1C. The van der Waals surface area contributed by atoms with Crippen molar-refractivity contribution in [1.82, 2.24) is 15.0 Å². The largest absolute Gasteiger partial charge is 0.496 e. The molecular formula is C27H21BrN4O2. The average Bonchev–Trinajstić information content (AvgIpc) is 3.25. The number of methoxy groups -OCH3 is 1. The van der Waals surface area contributed by atoms with Crippen molar-refractivity contribution in [3.05, 3.63) is 94.5 Å². The highest BCUT2D eigenvalue weighted by Crippen LogP contribution is 2.26. The molecule has 0 aliphatic heterocycles. The van der Waals surface area contributed by atoms with E-state index in [1.165, 1.54) is 6.08 Å². The Bertz CT molecular complexity index is 1570. The fourth-order valence-corrected chi connectivity index (χ4v) is 4.25. The van der Waals surface area contributed by atoms with Crippen LogP contribution in [0, 0.1) is 6.92 Å². The fourth-order valence-electron chi connectivity index (χ4n) is 3.87. The number of hydrogen-bond acceptors (Lipinski definition) is 4. The lowest BCUT2D eigenvalue weighted by molar-refractivity contribution is -0.111. The van der Waals surface area contributed by atoms with Gasteiger partial charge in [0, 0.05) is 27.2 Å². The molecule has 1 amide bonds. The first kappa shape index (κ1) is 21.9. The summed E-state index contributed by atoms with van der Waals surface area (Å²) in [5, 5.41) is 14.5. The third kappa shape index (κ3) is 4.30. The maximum Gasteiger partial charge on any atom is 0.248 e. The van der Waals surface area contributed by atoms with Gasteiger partial charge in [0.15, 0.2) is 0 Å². The predicted octanol–water partition coefficient (Wildman–Crippen LogP) is 6.31. The zero-order valence-corrected chi connectivity index (χ0v) is 20.2. The van der Waals surface area contributed by atoms with E-state index in [9.17, 15) is 4.79 Å². The molecule has 0 bridgehead atoms. The summed E-state index contributed by atoms with van der Waals surface area (Å²) in [6.45, 7) is 1.94. The van der Waals surface area contributed by atoms with Gasteiger partial charge in [0.2, 0.25) is 5.91 Å². The van der Waals surface area contributed by atoms with Crippen molar-refractivity contribution >= 4 is 55.4 Å². The highest BCUT2D eigenvalue weighted by molar-refractivity contribution is 9.10. The van der Waals surface area contributed by atoms with E-state index in [1.54, 1.807) is 18.0 Å². The minimum Gasteiger partial charge on any atom is -0.496 e. The van der Waals surface area contributed by atoms with Gasteiger partial charge in [0.05, 0.1) is 12.8 Å². The van der Waals surface area contributed by atoms with E-state index >= 15 is 0 Å². The second kappa shape index (κ2) is 9.11. The number of amides is 1. The van der Waals surface area contributed by atoms with Gasteiger partial charge in [-0.05, 0) is 60.3 Å². The second-order valence-electron chi connectivity index (χ2n) is 7.85. The zero-order chi connectivity index (χ0) is 23.7. The maximum absolute atomic E-state index is 12.6. The van der Waals surface area contributed by atoms with Crippen LogP contribution >= 0.6 is 15.9 Å². The standard InChI is InChI=1S/C27H21BrN4O2/c1-17-14-23-24(31-32(30-23)25-9-5-7-18-6-3-4-8-21(18)25)16-22(17)29-27(33)13-10-19-15-20(28)11-12-26(19)34-2/h3-16H,1-2H3,(H,29,33)/b13-10+. The molecule has 0 saturated heterocycles. The summed E-state index contributed by atoms with van der Waals surface area (Å²) in [4.78, 5) is 14.3. The number of aryl methyl sites for hydroxylation is 1. The molecule has 7 heteroatoms. The molecule has 0 atom stereocenters. The van der Waals surface area contributed by atoms with Crippen molar-refractivity contribution < 1.29 is 9.53 Å². The van der Waals surface area contributed by atoms with Gasteiger partial charge >= 0.3 is 0 Å². The topological polar surface area (TPSA) is 69.0 Å². The molecule has 4 aromatic carbocycles. The Kier molecular flexibility index (Phi) is 5.86. The van der Waals surface area contributed by atoms with Gasteiger partial charge in [0.25, 0.3) is 0 Å². The van der Waals surface area contributed by atoms with E-state index in [-0.39, 0.29) is 5.91 Å². The summed E-state index contributed by atoms with van der Waals surface area (Å²) in [7, 11) is 1.60. The number of carbonyl (C=O) groups excluding carboxylic acids is 1. The number of anilines is 1. The molecule has 34 heavy (non-hydrogen) atoms. The Hall–Kier alpha value is -3.97. The van der Waals surface area contributed by atoms with Crippen LogP contribution in [0.1, 0.15) is 11.1 Å². The highest BCUT2D eigenvalue weighted by Gasteiger charge is 2.11. The number of fused-ring (bicyclic) bond motifs is 2. The van der Waals surface area contributed by atoms with E-state index in [0.717, 1.165) is 37.6 Å². The van der Waals surface area contributed by atoms with Gasteiger partial charge < -0.3 is 10.1 Å². The first-order valence-corrected chi connectivity index (χ1v) is 11.5. The van der Waals surface area contributed by atoms with Gasteiger partial charge in [0.1, 0.15) is 16.8 Å². The average molecular weight is 513 g/mol. The van der Waals surface area contributed by atoms with Crippen molar-refractivity contribution in [1.29, 1.82) is 0 Å². The van der Waals surface area contributed by atoms with Crippen molar-refractivity contribution in [2.75, 3.05) is 12.4 Å². The first-order valence-electron chi connectivity index (χ1n) is 10.7. The number of rotatable bonds is 5. The molecule has 0 fully saturated rings. The van der Waals surface area contributed by atoms with Crippen LogP contribution in [0.3, 0.4) is 0 Å². The summed E-state index contributed by atoms with van der Waals surface area (Å²) in [6.07, 6.45) is 3.21. The number of benzene rings is 4. The number of ether oxygens (including phenoxy) is 1. The van der Waals surface area contributed by atoms with Crippen LogP contribution in [0.5, 0.6) is 5.75 Å². The van der Waals surface area contributed by atoms with Crippen LogP contribution in [0.2, 0.25) is 0 Å². The number of halogens is 1. The fraction of sp³-hybridized carbons (Fsp3) is 0.0741. The van der Waals surface area contributed by atoms with Crippen LogP contribution in [0.15, 0.2) is 83.3 Å². The Morgan fingerprint density at radius 3 is 2.59 bits per heavy atom. The van der Waals surface area contributed by atoms with E-state index < -0.39 is 0 Å². The molecule has 1 aromatic heterocycles. The van der Waals surface area contributed by atoms with Crippen molar-refractivity contribution in [3.8, 4) is 11.4 Å². The number of hydrogen-bond donors (Lipinski definition) is 1. The molecule has 168 valence electrons. The normalized spacial score (nSPS) is 11.4. The van der Waals surface area contributed by atoms with E-state index in [1.807, 2.05) is 61.5 Å². The molecular weight excluding hydrogens is 492 g/mol. The summed E-state index contributed by atoms with van der Waals surface area (Å²) in [5.41, 5.74) is 4.76. The van der Waals surface area contributed by atoms with E-state index in [4.69, 9.17) is 4.74 Å². The molecule has 0 saturated carbocycles. The number of carbonyl (C=O) groups is 1. The molecule has 0 radical (unpaired) electrons. The molecule has 0 aliphatic rings. The van der Waals surface area contributed by atoms with Crippen molar-refractivity contribution in [2.45, 2.75) is 6.92 Å². The molecule has 0 spiro atoms. The van der Waals surface area contributed by atoms with Crippen LogP contribution < -0.4 is 10.1 Å². The molecule has 0 unspecified atom stereocenters. The smallest absolute Gasteiger partial charge is 0.248 e. The molecule has 6 nitrogen and oxygen atoms in total. The molecule has 1 N–H and O–H groups in total. The third-order valence-electron chi connectivity index (χ3n) is 5.57. The minimum absolute atomic E-state index is 0.245. The summed E-state index contributed by atoms with van der Waals surface area (Å²) < 4.78 is 6.27. The van der Waals surface area contributed by atoms with Gasteiger partial charge in [-0.1, -0.05) is 52.3 Å². The van der Waals surface area contributed by atoms with Crippen molar-refractivity contribution in [2.24, 2.45) is 0 Å². The van der Waals surface area contributed by atoms with Crippen LogP contribution in [0.25, 0.3) is 33.6 Å². The third-order valence-corrected chi connectivity index (χ3v) is 6.07. The van der Waals surface area contributed by atoms with Crippen LogP contribution in [0.4, 0.5) is 5.69 Å². The number of nitrogens with one attached hydrogen (secondary N) is 1. The lowest BCUT2D eigenvalue weighted by Gasteiger charge is -2.07. The Balaban J connectivity index is 1.43. The van der Waals surface area contributed by atoms with Crippen LogP contribution in [-0.2, 0) is 4.79 Å². The summed E-state index contributed by atoms with van der Waals surface area (Å²) in [5.74, 6) is 0.445. The predicted molar refractivity (Wildman–Crippen MR) is 139 cm³/mol. The van der Waals surface area contributed by atoms with Gasteiger partial charge in [-0.15, -0.1) is 15.0 Å². The second-order valence-corrected chi connectivity index (χ2v) is 8.77. The lowest BCUT2D eigenvalue weighted by atomic mass is 10.1. The quantitative estimate of drug-likeness (QED) is 0.280. The first-order chi connectivity index (χ1) is 16.5. The Labute approximate surface area is 205 Å². The lowest BCUT2D eigenvalue weighted by Crippen LogP contribution is -2.09. The van der Waals surface area contributed by atoms with Gasteiger partial charge in [-0.25, -0.2) is 0 Å². The number of nitrogens with zero attached hydrogens (tertiary/aromatic N) is 3. The number of aromatic nitrogens is 3. The van der Waals surface area contributed by atoms with E-state index in [0.29, 0.717) is 17.0 Å². The molecule has 0 aliphatic carbocycles. The summed E-state index contributed by atoms with van der Waals surface area (Å²) >= 11 is 3.45. The Morgan fingerprint density at radius 2 is 1.76 bits per heavy atom. The molecule has 1 heterocycles. The maximum atomic E-state index is 12.6. The monoisotopic (exact) mass is 512 g/mol. The van der Waals surface area contributed by atoms with E-state index in [2.05, 4.69) is 49.6 Å². The molecule has 5 aromatic rings. The van der Waals surface area contributed by atoms with Crippen LogP contribution in [-0.4, -0.2) is 28.0 Å². The van der Waals surface area contributed by atoms with Gasteiger partial charge in [-0.2, -0.15) is 0 Å². The zero-order valence-electron chi connectivity index (χ0n) is 18.6. The van der Waals surface area contributed by atoms with Crippen molar-refractivity contribution in [3.63, 3.8) is 0 Å². The highest BCUT2D eigenvalue weighted by atomic mass is 79.9. The summed E-state index contributed by atoms with van der Waals surface area (Å²) in [6, 6.07) is 23.6. The van der Waals surface area contributed by atoms with Gasteiger partial charge in [-0.3, -0.25) is 4.79 Å².